The molecule has 1 nitrogen and oxygen atoms in total. The zero-order valence-electron chi connectivity index (χ0n) is 11.3. The molecule has 0 unspecified atom stereocenters. The van der Waals surface area contributed by atoms with E-state index in [0.29, 0.717) is 0 Å². The largest absolute Gasteiger partial charge is 0.381 e. The van der Waals surface area contributed by atoms with Crippen LogP contribution >= 0.6 is 11.3 Å². The van der Waals surface area contributed by atoms with Gasteiger partial charge in [-0.05, 0) is 46.0 Å². The molecular formula is C18H17NS. The maximum absolute atomic E-state index is 3.54. The second kappa shape index (κ2) is 6.40. The van der Waals surface area contributed by atoms with Crippen molar-refractivity contribution in [1.82, 2.24) is 0 Å². The van der Waals surface area contributed by atoms with Crippen molar-refractivity contribution < 1.29 is 0 Å². The number of benzene rings is 2. The van der Waals surface area contributed by atoms with E-state index in [1.807, 2.05) is 0 Å². The molecule has 0 saturated carbocycles. The molecule has 1 heterocycles. The van der Waals surface area contributed by atoms with Gasteiger partial charge in [0, 0.05) is 12.2 Å². The maximum atomic E-state index is 3.54. The summed E-state index contributed by atoms with van der Waals surface area (Å²) in [6.07, 6.45) is 0.966. The Morgan fingerprint density at radius 2 is 1.60 bits per heavy atom. The summed E-state index contributed by atoms with van der Waals surface area (Å²) in [7, 11) is 0. The van der Waals surface area contributed by atoms with E-state index < -0.39 is 0 Å². The number of hydrogen-bond donors (Lipinski definition) is 1. The van der Waals surface area contributed by atoms with Gasteiger partial charge in [0.1, 0.15) is 0 Å². The van der Waals surface area contributed by atoms with Gasteiger partial charge in [-0.3, -0.25) is 0 Å². The molecule has 1 N–H and O–H groups in total. The fourth-order valence-electron chi connectivity index (χ4n) is 2.25. The second-order valence-corrected chi connectivity index (χ2v) is 5.58. The van der Waals surface area contributed by atoms with Gasteiger partial charge in [-0.1, -0.05) is 48.5 Å². The molecule has 2 aromatic carbocycles. The first-order valence-electron chi connectivity index (χ1n) is 6.78. The van der Waals surface area contributed by atoms with Gasteiger partial charge >= 0.3 is 0 Å². The number of thiophene rings is 1. The molecule has 0 aliphatic carbocycles. The van der Waals surface area contributed by atoms with E-state index in [0.717, 1.165) is 13.0 Å². The van der Waals surface area contributed by atoms with Crippen LogP contribution in [0.5, 0.6) is 0 Å². The van der Waals surface area contributed by atoms with Crippen LogP contribution < -0.4 is 5.32 Å². The first-order valence-corrected chi connectivity index (χ1v) is 7.73. The van der Waals surface area contributed by atoms with Crippen molar-refractivity contribution in [3.05, 3.63) is 88.1 Å². The van der Waals surface area contributed by atoms with Gasteiger partial charge in [-0.25, -0.2) is 0 Å². The third-order valence-electron chi connectivity index (χ3n) is 3.32. The predicted octanol–water partition coefficient (Wildman–Crippen LogP) is 4.95. The molecule has 0 atom stereocenters. The minimum atomic E-state index is 0.884. The van der Waals surface area contributed by atoms with Gasteiger partial charge in [-0.2, -0.15) is 11.3 Å². The van der Waals surface area contributed by atoms with Crippen LogP contribution in [-0.4, -0.2) is 0 Å². The van der Waals surface area contributed by atoms with E-state index in [1.165, 1.54) is 22.4 Å². The van der Waals surface area contributed by atoms with Crippen molar-refractivity contribution in [3.8, 4) is 0 Å². The Labute approximate surface area is 123 Å². The fourth-order valence-corrected chi connectivity index (χ4v) is 2.92. The van der Waals surface area contributed by atoms with Crippen LogP contribution in [0.15, 0.2) is 71.4 Å². The lowest BCUT2D eigenvalue weighted by atomic mass is 10.0. The SMILES string of the molecule is c1ccc(Cc2ccccc2NCc2ccsc2)cc1. The summed E-state index contributed by atoms with van der Waals surface area (Å²) in [4.78, 5) is 0. The lowest BCUT2D eigenvalue weighted by molar-refractivity contribution is 1.12. The highest BCUT2D eigenvalue weighted by Gasteiger charge is 2.03. The van der Waals surface area contributed by atoms with Crippen molar-refractivity contribution in [2.24, 2.45) is 0 Å². The minimum Gasteiger partial charge on any atom is -0.381 e. The zero-order valence-corrected chi connectivity index (χ0v) is 12.1. The molecule has 0 bridgehead atoms. The first-order chi connectivity index (χ1) is 9.92. The molecule has 0 amide bonds. The van der Waals surface area contributed by atoms with E-state index in [-0.39, 0.29) is 0 Å². The third-order valence-corrected chi connectivity index (χ3v) is 4.05. The van der Waals surface area contributed by atoms with Crippen molar-refractivity contribution in [2.45, 2.75) is 13.0 Å². The zero-order chi connectivity index (χ0) is 13.6. The molecule has 100 valence electrons. The molecule has 0 spiro atoms. The van der Waals surface area contributed by atoms with Crippen LogP contribution in [0.2, 0.25) is 0 Å². The Kier molecular flexibility index (Phi) is 4.14. The summed E-state index contributed by atoms with van der Waals surface area (Å²) in [6, 6.07) is 21.3. The lowest BCUT2D eigenvalue weighted by Crippen LogP contribution is -2.02. The summed E-state index contributed by atoms with van der Waals surface area (Å²) in [6.45, 7) is 0.884. The molecule has 0 saturated heterocycles. The molecule has 2 heteroatoms. The smallest absolute Gasteiger partial charge is 0.0409 e. The Bertz CT molecular complexity index is 644. The third kappa shape index (κ3) is 3.28. The van der Waals surface area contributed by atoms with E-state index in [9.17, 15) is 0 Å². The highest BCUT2D eigenvalue weighted by atomic mass is 32.1. The quantitative estimate of drug-likeness (QED) is 0.696. The Balaban J connectivity index is 1.74. The van der Waals surface area contributed by atoms with Crippen LogP contribution in [-0.2, 0) is 13.0 Å². The second-order valence-electron chi connectivity index (χ2n) is 4.80. The summed E-state index contributed by atoms with van der Waals surface area (Å²) in [5, 5.41) is 7.85. The molecule has 0 aliphatic heterocycles. The highest BCUT2D eigenvalue weighted by molar-refractivity contribution is 7.07. The number of nitrogens with one attached hydrogen (secondary N) is 1. The molecule has 0 aliphatic rings. The number of para-hydroxylation sites is 1. The standard InChI is InChI=1S/C18H17NS/c1-2-6-15(7-3-1)12-17-8-4-5-9-18(17)19-13-16-10-11-20-14-16/h1-11,14,19H,12-13H2. The molecule has 3 aromatic rings. The van der Waals surface area contributed by atoms with Gasteiger partial charge in [0.2, 0.25) is 0 Å². The number of anilines is 1. The Hall–Kier alpha value is -2.06. The van der Waals surface area contributed by atoms with E-state index >= 15 is 0 Å². The van der Waals surface area contributed by atoms with Crippen LogP contribution in [0.25, 0.3) is 0 Å². The molecule has 0 fully saturated rings. The highest BCUT2D eigenvalue weighted by Crippen LogP contribution is 2.20. The van der Waals surface area contributed by atoms with Crippen LogP contribution in [0, 0.1) is 0 Å². The Morgan fingerprint density at radius 3 is 2.40 bits per heavy atom. The van der Waals surface area contributed by atoms with Gasteiger partial charge in [0.05, 0.1) is 0 Å². The van der Waals surface area contributed by atoms with Gasteiger partial charge in [-0.15, -0.1) is 0 Å². The van der Waals surface area contributed by atoms with E-state index in [4.69, 9.17) is 0 Å². The van der Waals surface area contributed by atoms with Crippen molar-refractivity contribution in [3.63, 3.8) is 0 Å². The van der Waals surface area contributed by atoms with Crippen molar-refractivity contribution in [1.29, 1.82) is 0 Å². The average Bonchev–Trinajstić information content (AvgIpc) is 3.01. The van der Waals surface area contributed by atoms with Crippen LogP contribution in [0.4, 0.5) is 5.69 Å². The number of hydrogen-bond acceptors (Lipinski definition) is 2. The summed E-state index contributed by atoms with van der Waals surface area (Å²) in [5.74, 6) is 0. The number of rotatable bonds is 5. The van der Waals surface area contributed by atoms with E-state index in [2.05, 4.69) is 76.7 Å². The van der Waals surface area contributed by atoms with Crippen molar-refractivity contribution in [2.75, 3.05) is 5.32 Å². The molecule has 1 aromatic heterocycles. The maximum Gasteiger partial charge on any atom is 0.0409 e. The first kappa shape index (κ1) is 12.9. The van der Waals surface area contributed by atoms with Crippen LogP contribution in [0.1, 0.15) is 16.7 Å². The molecule has 3 rings (SSSR count). The average molecular weight is 279 g/mol. The van der Waals surface area contributed by atoms with Gasteiger partial charge in [0.15, 0.2) is 0 Å². The summed E-state index contributed by atoms with van der Waals surface area (Å²) in [5.41, 5.74) is 5.25. The van der Waals surface area contributed by atoms with Gasteiger partial charge in [0.25, 0.3) is 0 Å². The summed E-state index contributed by atoms with van der Waals surface area (Å²) >= 11 is 1.74. The fraction of sp³-hybridized carbons (Fsp3) is 0.111. The predicted molar refractivity (Wildman–Crippen MR) is 87.3 cm³/mol. The minimum absolute atomic E-state index is 0.884. The monoisotopic (exact) mass is 279 g/mol. The van der Waals surface area contributed by atoms with Gasteiger partial charge < -0.3 is 5.32 Å². The lowest BCUT2D eigenvalue weighted by Gasteiger charge is -2.11. The molecular weight excluding hydrogens is 262 g/mol. The van der Waals surface area contributed by atoms with Crippen molar-refractivity contribution >= 4 is 17.0 Å². The Morgan fingerprint density at radius 1 is 0.800 bits per heavy atom. The topological polar surface area (TPSA) is 12.0 Å². The molecule has 20 heavy (non-hydrogen) atoms. The van der Waals surface area contributed by atoms with E-state index in [1.54, 1.807) is 11.3 Å². The summed E-state index contributed by atoms with van der Waals surface area (Å²) < 4.78 is 0. The molecule has 0 radical (unpaired) electrons. The van der Waals surface area contributed by atoms with Crippen LogP contribution in [0.3, 0.4) is 0 Å². The normalized spacial score (nSPS) is 10.4.